The molecule has 0 saturated carbocycles. The molecule has 3 heterocycles. The molecule has 0 N–H and O–H groups in total. The second-order valence-corrected chi connectivity index (χ2v) is 18.4. The number of methoxy groups -OCH3 is 1. The van der Waals surface area contributed by atoms with Crippen LogP contribution in [-0.2, 0) is 27.6 Å². The predicted molar refractivity (Wildman–Crippen MR) is 172 cm³/mol. The van der Waals surface area contributed by atoms with Gasteiger partial charge >= 0.3 is 5.69 Å². The van der Waals surface area contributed by atoms with Crippen molar-refractivity contribution in [2.24, 2.45) is 13.0 Å². The van der Waals surface area contributed by atoms with E-state index in [-0.39, 0.29) is 35.5 Å². The Morgan fingerprint density at radius 3 is 2.26 bits per heavy atom. The standard InChI is InChI=1S/C33H46N4O5Si/c1-33(2,3)43(6,7)42-22-24-17-19-35(20-18-24)26-9-8-10-27-30(26)34(4)32(40)37(27)28-15-16-29(38)36(31(28)39)21-23-11-13-25(41-5)14-12-23/h8-14,24,28H,15-22H2,1-7H3. The number of hydrogen-bond acceptors (Lipinski definition) is 6. The number of benzene rings is 2. The number of anilines is 1. The number of amides is 2. The van der Waals surface area contributed by atoms with Crippen LogP contribution in [-0.4, -0.2) is 61.0 Å². The van der Waals surface area contributed by atoms with E-state index in [4.69, 9.17) is 9.16 Å². The van der Waals surface area contributed by atoms with Gasteiger partial charge in [-0.1, -0.05) is 39.0 Å². The summed E-state index contributed by atoms with van der Waals surface area (Å²) < 4.78 is 15.0. The molecule has 2 aliphatic rings. The van der Waals surface area contributed by atoms with Crippen molar-refractivity contribution in [1.29, 1.82) is 0 Å². The molecular formula is C33H46N4O5Si. The number of hydrogen-bond donors (Lipinski definition) is 0. The SMILES string of the molecule is COc1ccc(CN2C(=O)CCC(n3c(=O)n(C)c4c(N5CCC(CO[Si](C)(C)C(C)(C)C)CC5)cccc43)C2=O)cc1. The molecule has 2 aromatic carbocycles. The summed E-state index contributed by atoms with van der Waals surface area (Å²) in [6.45, 7) is 14.2. The monoisotopic (exact) mass is 606 g/mol. The largest absolute Gasteiger partial charge is 0.497 e. The van der Waals surface area contributed by atoms with Crippen LogP contribution in [0.2, 0.25) is 18.1 Å². The Hall–Kier alpha value is -3.37. The third-order valence-electron chi connectivity index (χ3n) is 9.82. The molecule has 2 fully saturated rings. The topological polar surface area (TPSA) is 86.0 Å². The molecule has 1 atom stereocenters. The van der Waals surface area contributed by atoms with Gasteiger partial charge in [0, 0.05) is 33.2 Å². The van der Waals surface area contributed by atoms with E-state index < -0.39 is 14.4 Å². The lowest BCUT2D eigenvalue weighted by molar-refractivity contribution is -0.151. The van der Waals surface area contributed by atoms with Gasteiger partial charge in [-0.25, -0.2) is 4.79 Å². The van der Waals surface area contributed by atoms with Crippen molar-refractivity contribution in [2.75, 3.05) is 31.7 Å². The predicted octanol–water partition coefficient (Wildman–Crippen LogP) is 5.48. The van der Waals surface area contributed by atoms with Crippen LogP contribution < -0.4 is 15.3 Å². The maximum Gasteiger partial charge on any atom is 0.329 e. The lowest BCUT2D eigenvalue weighted by Gasteiger charge is -2.39. The molecule has 2 saturated heterocycles. The maximum absolute atomic E-state index is 13.8. The third kappa shape index (κ3) is 6.04. The fraction of sp³-hybridized carbons (Fsp3) is 0.545. The van der Waals surface area contributed by atoms with Gasteiger partial charge in [-0.15, -0.1) is 0 Å². The minimum Gasteiger partial charge on any atom is -0.497 e. The number of rotatable bonds is 8. The van der Waals surface area contributed by atoms with Crippen LogP contribution >= 0.6 is 0 Å². The summed E-state index contributed by atoms with van der Waals surface area (Å²) >= 11 is 0. The molecule has 3 aromatic rings. The number of para-hydroxylation sites is 1. The van der Waals surface area contributed by atoms with Crippen LogP contribution in [0.5, 0.6) is 5.75 Å². The summed E-state index contributed by atoms with van der Waals surface area (Å²) in [6.07, 6.45) is 2.58. The van der Waals surface area contributed by atoms with Crippen molar-refractivity contribution in [3.05, 3.63) is 58.5 Å². The number of ether oxygens (including phenoxy) is 1. The molecule has 5 rings (SSSR count). The van der Waals surface area contributed by atoms with Crippen LogP contribution in [0.15, 0.2) is 47.3 Å². The molecule has 0 aliphatic carbocycles. The van der Waals surface area contributed by atoms with Gasteiger partial charge in [0.25, 0.3) is 5.91 Å². The van der Waals surface area contributed by atoms with Crippen molar-refractivity contribution in [2.45, 2.75) is 77.2 Å². The molecule has 1 aromatic heterocycles. The highest BCUT2D eigenvalue weighted by molar-refractivity contribution is 6.74. The highest BCUT2D eigenvalue weighted by Gasteiger charge is 2.39. The summed E-state index contributed by atoms with van der Waals surface area (Å²) in [6, 6.07) is 12.5. The summed E-state index contributed by atoms with van der Waals surface area (Å²) in [5, 5.41) is 0.195. The van der Waals surface area contributed by atoms with Crippen molar-refractivity contribution < 1.29 is 18.8 Å². The molecule has 10 heteroatoms. The van der Waals surface area contributed by atoms with E-state index in [2.05, 4.69) is 44.8 Å². The van der Waals surface area contributed by atoms with Crippen LogP contribution in [0.4, 0.5) is 5.69 Å². The number of carbonyl (C=O) groups excluding carboxylic acids is 2. The number of aromatic nitrogens is 2. The molecule has 2 aliphatic heterocycles. The number of imidazole rings is 1. The van der Waals surface area contributed by atoms with E-state index >= 15 is 0 Å². The molecule has 1 unspecified atom stereocenters. The Morgan fingerprint density at radius 1 is 0.953 bits per heavy atom. The zero-order chi connectivity index (χ0) is 31.1. The van der Waals surface area contributed by atoms with Gasteiger partial charge < -0.3 is 14.1 Å². The number of piperidine rings is 2. The number of aryl methyl sites for hydroxylation is 1. The van der Waals surface area contributed by atoms with E-state index in [0.717, 1.165) is 54.8 Å². The Balaban J connectivity index is 1.36. The van der Waals surface area contributed by atoms with E-state index in [0.29, 0.717) is 18.1 Å². The number of fused-ring (bicyclic) bond motifs is 1. The first-order valence-corrected chi connectivity index (χ1v) is 18.3. The summed E-state index contributed by atoms with van der Waals surface area (Å²) in [5.74, 6) is 0.674. The second kappa shape index (κ2) is 12.0. The molecule has 9 nitrogen and oxygen atoms in total. The Labute approximate surface area is 255 Å². The van der Waals surface area contributed by atoms with Crippen LogP contribution in [0.25, 0.3) is 11.0 Å². The summed E-state index contributed by atoms with van der Waals surface area (Å²) in [7, 11) is 1.59. The molecular weight excluding hydrogens is 560 g/mol. The summed E-state index contributed by atoms with van der Waals surface area (Å²) in [4.78, 5) is 44.0. The first-order chi connectivity index (χ1) is 20.3. The highest BCUT2D eigenvalue weighted by Crippen LogP contribution is 2.38. The minimum absolute atomic E-state index is 0.164. The lowest BCUT2D eigenvalue weighted by atomic mass is 9.97. The van der Waals surface area contributed by atoms with Crippen molar-refractivity contribution in [1.82, 2.24) is 14.0 Å². The fourth-order valence-corrected chi connectivity index (χ4v) is 7.08. The Bertz CT molecular complexity index is 1540. The van der Waals surface area contributed by atoms with Gasteiger partial charge in [-0.2, -0.15) is 0 Å². The van der Waals surface area contributed by atoms with Gasteiger partial charge in [-0.05, 0) is 73.1 Å². The first-order valence-electron chi connectivity index (χ1n) is 15.4. The quantitative estimate of drug-likeness (QED) is 0.250. The fourth-order valence-electron chi connectivity index (χ4n) is 6.00. The average molecular weight is 607 g/mol. The Kier molecular flexibility index (Phi) is 8.64. The molecule has 0 spiro atoms. The molecule has 2 amide bonds. The second-order valence-electron chi connectivity index (χ2n) is 13.6. The number of carbonyl (C=O) groups is 2. The van der Waals surface area contributed by atoms with E-state index in [1.54, 1.807) is 23.3 Å². The molecule has 43 heavy (non-hydrogen) atoms. The zero-order valence-electron chi connectivity index (χ0n) is 26.7. The lowest BCUT2D eigenvalue weighted by Crippen LogP contribution is -2.47. The van der Waals surface area contributed by atoms with Crippen molar-refractivity contribution in [3.8, 4) is 5.75 Å². The smallest absolute Gasteiger partial charge is 0.329 e. The molecule has 232 valence electrons. The van der Waals surface area contributed by atoms with Crippen LogP contribution in [0.3, 0.4) is 0 Å². The molecule has 0 radical (unpaired) electrons. The maximum atomic E-state index is 13.8. The zero-order valence-corrected chi connectivity index (χ0v) is 27.7. The van der Waals surface area contributed by atoms with Crippen molar-refractivity contribution in [3.63, 3.8) is 0 Å². The summed E-state index contributed by atoms with van der Waals surface area (Å²) in [5.41, 5.74) is 3.15. The van der Waals surface area contributed by atoms with E-state index in [1.807, 2.05) is 36.4 Å². The first kappa shape index (κ1) is 31.1. The van der Waals surface area contributed by atoms with Gasteiger partial charge in [0.05, 0.1) is 30.4 Å². The van der Waals surface area contributed by atoms with Crippen LogP contribution in [0, 0.1) is 5.92 Å². The number of nitrogens with zero attached hydrogens (tertiary/aromatic N) is 4. The molecule has 0 bridgehead atoms. The van der Waals surface area contributed by atoms with E-state index in [9.17, 15) is 14.4 Å². The van der Waals surface area contributed by atoms with Gasteiger partial charge in [-0.3, -0.25) is 23.6 Å². The normalized spacial score (nSPS) is 19.0. The minimum atomic E-state index is -1.79. The van der Waals surface area contributed by atoms with Gasteiger partial charge in [0.15, 0.2) is 8.32 Å². The number of imide groups is 1. The third-order valence-corrected chi connectivity index (χ3v) is 14.3. The van der Waals surface area contributed by atoms with Gasteiger partial charge in [0.2, 0.25) is 5.91 Å². The van der Waals surface area contributed by atoms with Crippen molar-refractivity contribution >= 4 is 36.9 Å². The number of likely N-dealkylation sites (tertiary alicyclic amines) is 1. The highest BCUT2D eigenvalue weighted by atomic mass is 28.4. The van der Waals surface area contributed by atoms with E-state index in [1.165, 1.54) is 4.90 Å². The van der Waals surface area contributed by atoms with Crippen LogP contribution in [0.1, 0.15) is 58.1 Å². The van der Waals surface area contributed by atoms with Gasteiger partial charge in [0.1, 0.15) is 11.8 Å². The average Bonchev–Trinajstić information content (AvgIpc) is 3.23. The Morgan fingerprint density at radius 2 is 1.63 bits per heavy atom.